The maximum atomic E-state index is 5.94. The second-order valence-corrected chi connectivity index (χ2v) is 6.96. The van der Waals surface area contributed by atoms with Gasteiger partial charge in [-0.2, -0.15) is 9.67 Å². The third kappa shape index (κ3) is 4.00. The van der Waals surface area contributed by atoms with Crippen molar-refractivity contribution >= 4 is 23.4 Å². The number of para-hydroxylation sites is 1. The molecule has 0 saturated carbocycles. The van der Waals surface area contributed by atoms with Crippen molar-refractivity contribution in [3.8, 4) is 22.8 Å². The van der Waals surface area contributed by atoms with Crippen LogP contribution in [0.2, 0.25) is 5.02 Å². The molecule has 0 aliphatic carbocycles. The summed E-state index contributed by atoms with van der Waals surface area (Å²) in [6.45, 7) is 2.49. The van der Waals surface area contributed by atoms with Gasteiger partial charge >= 0.3 is 0 Å². The van der Waals surface area contributed by atoms with Gasteiger partial charge in [0.2, 0.25) is 16.9 Å². The van der Waals surface area contributed by atoms with Gasteiger partial charge in [0.05, 0.1) is 23.6 Å². The molecule has 0 atom stereocenters. The van der Waals surface area contributed by atoms with E-state index in [0.29, 0.717) is 34.3 Å². The summed E-state index contributed by atoms with van der Waals surface area (Å²) in [6, 6.07) is 14.8. The van der Waals surface area contributed by atoms with Crippen molar-refractivity contribution in [3.05, 3.63) is 59.4 Å². The molecule has 4 aromatic rings. The average Bonchev–Trinajstić information content (AvgIpc) is 3.37. The number of rotatable bonds is 7. The molecule has 0 radical (unpaired) electrons. The van der Waals surface area contributed by atoms with Gasteiger partial charge in [-0.15, -0.1) is 5.10 Å². The van der Waals surface area contributed by atoms with Gasteiger partial charge < -0.3 is 9.26 Å². The summed E-state index contributed by atoms with van der Waals surface area (Å²) >= 11 is 7.33. The van der Waals surface area contributed by atoms with E-state index >= 15 is 0 Å². The molecule has 8 nitrogen and oxygen atoms in total. The first kappa shape index (κ1) is 18.5. The van der Waals surface area contributed by atoms with Crippen molar-refractivity contribution in [1.82, 2.24) is 30.3 Å². The van der Waals surface area contributed by atoms with Crippen LogP contribution in [0.4, 0.5) is 0 Å². The SMILES string of the molecule is CCOc1ccccc1-c1noc(CSc2nnnn2-c2ccc(Cl)cc2)n1. The van der Waals surface area contributed by atoms with E-state index in [0.717, 1.165) is 17.0 Å². The highest BCUT2D eigenvalue weighted by Gasteiger charge is 2.15. The normalized spacial score (nSPS) is 10.9. The van der Waals surface area contributed by atoms with Crippen LogP contribution in [-0.4, -0.2) is 37.0 Å². The third-order valence-corrected chi connectivity index (χ3v) is 4.89. The maximum absolute atomic E-state index is 5.94. The number of hydrogen-bond acceptors (Lipinski definition) is 8. The lowest BCUT2D eigenvalue weighted by Gasteiger charge is -2.06. The van der Waals surface area contributed by atoms with E-state index in [9.17, 15) is 0 Å². The zero-order valence-electron chi connectivity index (χ0n) is 14.8. The minimum atomic E-state index is 0.428. The highest BCUT2D eigenvalue weighted by Crippen LogP contribution is 2.29. The number of hydrogen-bond donors (Lipinski definition) is 0. The van der Waals surface area contributed by atoms with Crippen LogP contribution in [0, 0.1) is 0 Å². The molecule has 0 fully saturated rings. The molecule has 0 amide bonds. The molecule has 2 heterocycles. The van der Waals surface area contributed by atoms with Crippen molar-refractivity contribution < 1.29 is 9.26 Å². The van der Waals surface area contributed by atoms with E-state index in [1.165, 1.54) is 11.8 Å². The Balaban J connectivity index is 1.49. The molecule has 0 saturated heterocycles. The molecule has 0 aliphatic rings. The summed E-state index contributed by atoms with van der Waals surface area (Å²) < 4.78 is 12.6. The van der Waals surface area contributed by atoms with E-state index in [2.05, 4.69) is 25.7 Å². The lowest BCUT2D eigenvalue weighted by Crippen LogP contribution is -1.98. The van der Waals surface area contributed by atoms with Gasteiger partial charge in [-0.05, 0) is 53.7 Å². The molecule has 0 aliphatic heterocycles. The van der Waals surface area contributed by atoms with Crippen molar-refractivity contribution in [2.24, 2.45) is 0 Å². The molecular formula is C18H15ClN6O2S. The van der Waals surface area contributed by atoms with Gasteiger partial charge in [0.15, 0.2) is 0 Å². The van der Waals surface area contributed by atoms with Crippen molar-refractivity contribution in [2.75, 3.05) is 6.61 Å². The summed E-state index contributed by atoms with van der Waals surface area (Å²) in [6.07, 6.45) is 0. The number of thioether (sulfide) groups is 1. The quantitative estimate of drug-likeness (QED) is 0.418. The zero-order chi connectivity index (χ0) is 19.3. The lowest BCUT2D eigenvalue weighted by atomic mass is 10.2. The van der Waals surface area contributed by atoms with Crippen LogP contribution >= 0.6 is 23.4 Å². The average molecular weight is 415 g/mol. The minimum Gasteiger partial charge on any atom is -0.493 e. The molecule has 2 aromatic carbocycles. The van der Waals surface area contributed by atoms with Gasteiger partial charge in [-0.1, -0.05) is 40.7 Å². The van der Waals surface area contributed by atoms with Crippen LogP contribution < -0.4 is 4.74 Å². The Morgan fingerprint density at radius 2 is 1.96 bits per heavy atom. The van der Waals surface area contributed by atoms with Gasteiger partial charge in [0, 0.05) is 5.02 Å². The Morgan fingerprint density at radius 1 is 1.14 bits per heavy atom. The first-order valence-corrected chi connectivity index (χ1v) is 9.83. The molecule has 142 valence electrons. The number of ether oxygens (including phenoxy) is 1. The number of tetrazole rings is 1. The van der Waals surface area contributed by atoms with E-state index in [1.54, 1.807) is 16.8 Å². The van der Waals surface area contributed by atoms with Crippen LogP contribution in [0.1, 0.15) is 12.8 Å². The molecular weight excluding hydrogens is 400 g/mol. The number of benzene rings is 2. The summed E-state index contributed by atoms with van der Waals surface area (Å²) in [4.78, 5) is 4.46. The van der Waals surface area contributed by atoms with Gasteiger partial charge in [-0.3, -0.25) is 0 Å². The number of nitrogens with zero attached hydrogens (tertiary/aromatic N) is 6. The molecule has 0 spiro atoms. The van der Waals surface area contributed by atoms with Gasteiger partial charge in [-0.25, -0.2) is 0 Å². The molecule has 2 aromatic heterocycles. The summed E-state index contributed by atoms with van der Waals surface area (Å²) in [7, 11) is 0. The minimum absolute atomic E-state index is 0.428. The van der Waals surface area contributed by atoms with E-state index in [4.69, 9.17) is 20.9 Å². The van der Waals surface area contributed by atoms with Crippen LogP contribution in [0.15, 0.2) is 58.2 Å². The Kier molecular flexibility index (Phi) is 5.54. The molecule has 0 unspecified atom stereocenters. The van der Waals surface area contributed by atoms with Crippen molar-refractivity contribution in [2.45, 2.75) is 17.8 Å². The number of halogens is 1. The topological polar surface area (TPSA) is 91.8 Å². The Hall–Kier alpha value is -2.91. The van der Waals surface area contributed by atoms with E-state index in [-0.39, 0.29) is 0 Å². The molecule has 28 heavy (non-hydrogen) atoms. The van der Waals surface area contributed by atoms with Crippen molar-refractivity contribution in [3.63, 3.8) is 0 Å². The molecule has 0 N–H and O–H groups in total. The van der Waals surface area contributed by atoms with Crippen LogP contribution in [0.3, 0.4) is 0 Å². The highest BCUT2D eigenvalue weighted by molar-refractivity contribution is 7.98. The first-order chi connectivity index (χ1) is 13.7. The largest absolute Gasteiger partial charge is 0.493 e. The van der Waals surface area contributed by atoms with Crippen LogP contribution in [0.5, 0.6) is 5.75 Å². The fraction of sp³-hybridized carbons (Fsp3) is 0.167. The van der Waals surface area contributed by atoms with E-state index < -0.39 is 0 Å². The predicted octanol–water partition coefficient (Wildman–Crippen LogP) is 4.06. The van der Waals surface area contributed by atoms with Gasteiger partial charge in [0.1, 0.15) is 5.75 Å². The summed E-state index contributed by atoms with van der Waals surface area (Å²) in [5.74, 6) is 2.10. The van der Waals surface area contributed by atoms with Gasteiger partial charge in [0.25, 0.3) is 0 Å². The Bertz CT molecular complexity index is 1070. The lowest BCUT2D eigenvalue weighted by molar-refractivity contribution is 0.341. The van der Waals surface area contributed by atoms with Crippen molar-refractivity contribution in [1.29, 1.82) is 0 Å². The first-order valence-electron chi connectivity index (χ1n) is 8.46. The maximum Gasteiger partial charge on any atom is 0.237 e. The molecule has 10 heteroatoms. The third-order valence-electron chi connectivity index (χ3n) is 3.73. The fourth-order valence-electron chi connectivity index (χ4n) is 2.50. The number of aromatic nitrogens is 6. The smallest absolute Gasteiger partial charge is 0.237 e. The van der Waals surface area contributed by atoms with Crippen LogP contribution in [-0.2, 0) is 5.75 Å². The van der Waals surface area contributed by atoms with E-state index in [1.807, 2.05) is 43.3 Å². The summed E-state index contributed by atoms with van der Waals surface area (Å²) in [5, 5.41) is 17.1. The summed E-state index contributed by atoms with van der Waals surface area (Å²) in [5.41, 5.74) is 1.60. The Morgan fingerprint density at radius 3 is 2.79 bits per heavy atom. The predicted molar refractivity (Wildman–Crippen MR) is 105 cm³/mol. The Labute approximate surface area is 169 Å². The molecule has 4 rings (SSSR count). The highest BCUT2D eigenvalue weighted by atomic mass is 35.5. The standard InChI is InChI=1S/C18H15ClN6O2S/c1-2-26-15-6-4-3-5-14(15)17-20-16(27-22-17)11-28-18-21-23-24-25(18)13-9-7-12(19)8-10-13/h3-10H,2,11H2,1H3. The fourth-order valence-corrected chi connectivity index (χ4v) is 3.35. The second-order valence-electron chi connectivity index (χ2n) is 5.58. The van der Waals surface area contributed by atoms with Crippen LogP contribution in [0.25, 0.3) is 17.1 Å². The zero-order valence-corrected chi connectivity index (χ0v) is 16.4. The monoisotopic (exact) mass is 414 g/mol. The molecule has 0 bridgehead atoms. The second kappa shape index (κ2) is 8.41.